The Morgan fingerprint density at radius 3 is 2.48 bits per heavy atom. The summed E-state index contributed by atoms with van der Waals surface area (Å²) < 4.78 is 28.0. The SMILES string of the molecule is CCc1ccccc1S(=O)(=O)N[C@@H]1CCN(c2ccc(C)cc2)C1=O. The lowest BCUT2D eigenvalue weighted by atomic mass is 10.2. The Morgan fingerprint density at radius 1 is 1.12 bits per heavy atom. The highest BCUT2D eigenvalue weighted by molar-refractivity contribution is 7.89. The highest BCUT2D eigenvalue weighted by Crippen LogP contribution is 2.24. The largest absolute Gasteiger partial charge is 0.311 e. The summed E-state index contributed by atoms with van der Waals surface area (Å²) in [6.45, 7) is 4.40. The van der Waals surface area contributed by atoms with Gasteiger partial charge in [0.15, 0.2) is 0 Å². The van der Waals surface area contributed by atoms with Crippen LogP contribution in [-0.2, 0) is 21.2 Å². The molecular formula is C19H22N2O3S. The zero-order chi connectivity index (χ0) is 18.0. The maximum atomic E-state index is 12.7. The molecule has 0 aromatic heterocycles. The van der Waals surface area contributed by atoms with Crippen LogP contribution >= 0.6 is 0 Å². The standard InChI is InChI=1S/C19H22N2O3S/c1-3-15-6-4-5-7-18(15)25(23,24)20-17-12-13-21(19(17)22)16-10-8-14(2)9-11-16/h4-11,17,20H,3,12-13H2,1-2H3/t17-/m1/s1. The normalized spacial score (nSPS) is 17.9. The predicted molar refractivity (Wildman–Crippen MR) is 98.1 cm³/mol. The van der Waals surface area contributed by atoms with Crippen LogP contribution in [0.3, 0.4) is 0 Å². The molecule has 0 aliphatic carbocycles. The molecule has 1 N–H and O–H groups in total. The van der Waals surface area contributed by atoms with Crippen molar-refractivity contribution in [2.24, 2.45) is 0 Å². The van der Waals surface area contributed by atoms with Crippen molar-refractivity contribution in [1.29, 1.82) is 0 Å². The van der Waals surface area contributed by atoms with Gasteiger partial charge in [0, 0.05) is 12.2 Å². The number of nitrogens with zero attached hydrogens (tertiary/aromatic N) is 1. The molecule has 1 atom stereocenters. The summed E-state index contributed by atoms with van der Waals surface area (Å²) in [5.41, 5.74) is 2.66. The van der Waals surface area contributed by atoms with Crippen molar-refractivity contribution in [1.82, 2.24) is 4.72 Å². The second-order valence-corrected chi connectivity index (χ2v) is 7.93. The van der Waals surface area contributed by atoms with Crippen molar-refractivity contribution >= 4 is 21.6 Å². The molecular weight excluding hydrogens is 336 g/mol. The Kier molecular flexibility index (Phi) is 4.92. The fraction of sp³-hybridized carbons (Fsp3) is 0.316. The zero-order valence-electron chi connectivity index (χ0n) is 14.4. The van der Waals surface area contributed by atoms with E-state index in [-0.39, 0.29) is 10.8 Å². The molecule has 1 amide bonds. The topological polar surface area (TPSA) is 66.5 Å². The van der Waals surface area contributed by atoms with Crippen molar-refractivity contribution in [3.05, 3.63) is 59.7 Å². The van der Waals surface area contributed by atoms with Crippen LogP contribution in [0.5, 0.6) is 0 Å². The van der Waals surface area contributed by atoms with Gasteiger partial charge in [0.1, 0.15) is 6.04 Å². The highest BCUT2D eigenvalue weighted by Gasteiger charge is 2.36. The molecule has 2 aromatic carbocycles. The Bertz CT molecular complexity index is 876. The number of hydrogen-bond donors (Lipinski definition) is 1. The average Bonchev–Trinajstić information content (AvgIpc) is 2.96. The van der Waals surface area contributed by atoms with E-state index in [1.807, 2.05) is 44.2 Å². The molecule has 0 radical (unpaired) electrons. The van der Waals surface area contributed by atoms with Gasteiger partial charge in [-0.05, 0) is 43.5 Å². The van der Waals surface area contributed by atoms with E-state index in [1.54, 1.807) is 23.1 Å². The second-order valence-electron chi connectivity index (χ2n) is 6.25. The highest BCUT2D eigenvalue weighted by atomic mass is 32.2. The molecule has 6 heteroatoms. The van der Waals surface area contributed by atoms with Gasteiger partial charge in [-0.1, -0.05) is 42.8 Å². The fourth-order valence-electron chi connectivity index (χ4n) is 3.08. The number of anilines is 1. The third-order valence-electron chi connectivity index (χ3n) is 4.49. The minimum atomic E-state index is -3.73. The third kappa shape index (κ3) is 3.60. The van der Waals surface area contributed by atoms with Crippen LogP contribution in [0.15, 0.2) is 53.4 Å². The van der Waals surface area contributed by atoms with Crippen LogP contribution < -0.4 is 9.62 Å². The van der Waals surface area contributed by atoms with E-state index in [0.717, 1.165) is 16.8 Å². The average molecular weight is 358 g/mol. The van der Waals surface area contributed by atoms with Gasteiger partial charge in [-0.3, -0.25) is 4.79 Å². The molecule has 25 heavy (non-hydrogen) atoms. The molecule has 0 bridgehead atoms. The lowest BCUT2D eigenvalue weighted by Crippen LogP contribution is -2.41. The molecule has 1 saturated heterocycles. The monoisotopic (exact) mass is 358 g/mol. The van der Waals surface area contributed by atoms with Crippen molar-refractivity contribution in [3.63, 3.8) is 0 Å². The van der Waals surface area contributed by atoms with E-state index in [2.05, 4.69) is 4.72 Å². The van der Waals surface area contributed by atoms with E-state index in [1.165, 1.54) is 0 Å². The van der Waals surface area contributed by atoms with Gasteiger partial charge < -0.3 is 4.90 Å². The first-order chi connectivity index (χ1) is 11.9. The number of sulfonamides is 1. The Hall–Kier alpha value is -2.18. The maximum Gasteiger partial charge on any atom is 0.245 e. The molecule has 5 nitrogen and oxygen atoms in total. The number of benzene rings is 2. The summed E-state index contributed by atoms with van der Waals surface area (Å²) in [5, 5.41) is 0. The number of amides is 1. The molecule has 3 rings (SSSR count). The van der Waals surface area contributed by atoms with Gasteiger partial charge in [-0.2, -0.15) is 4.72 Å². The van der Waals surface area contributed by atoms with E-state index < -0.39 is 16.1 Å². The van der Waals surface area contributed by atoms with Crippen molar-refractivity contribution in [2.75, 3.05) is 11.4 Å². The van der Waals surface area contributed by atoms with Gasteiger partial charge >= 0.3 is 0 Å². The minimum Gasteiger partial charge on any atom is -0.311 e. The van der Waals surface area contributed by atoms with E-state index in [0.29, 0.717) is 19.4 Å². The number of hydrogen-bond acceptors (Lipinski definition) is 3. The van der Waals surface area contributed by atoms with E-state index >= 15 is 0 Å². The third-order valence-corrected chi connectivity index (χ3v) is 6.06. The first kappa shape index (κ1) is 17.6. The first-order valence-electron chi connectivity index (χ1n) is 8.40. The molecule has 1 heterocycles. The molecule has 1 fully saturated rings. The Labute approximate surface area is 148 Å². The van der Waals surface area contributed by atoms with Gasteiger partial charge in [-0.15, -0.1) is 0 Å². The van der Waals surface area contributed by atoms with Crippen molar-refractivity contribution < 1.29 is 13.2 Å². The lowest BCUT2D eigenvalue weighted by Gasteiger charge is -2.18. The molecule has 1 aliphatic rings. The number of carbonyl (C=O) groups is 1. The van der Waals surface area contributed by atoms with E-state index in [4.69, 9.17) is 0 Å². The molecule has 1 aliphatic heterocycles. The lowest BCUT2D eigenvalue weighted by molar-refractivity contribution is -0.118. The number of carbonyl (C=O) groups excluding carboxylic acids is 1. The number of rotatable bonds is 5. The van der Waals surface area contributed by atoms with Crippen LogP contribution in [0.1, 0.15) is 24.5 Å². The quantitative estimate of drug-likeness (QED) is 0.893. The van der Waals surface area contributed by atoms with Gasteiger partial charge in [0.05, 0.1) is 4.90 Å². The summed E-state index contributed by atoms with van der Waals surface area (Å²) in [6, 6.07) is 13.8. The summed E-state index contributed by atoms with van der Waals surface area (Å²) in [6.07, 6.45) is 1.07. The fourth-order valence-corrected chi connectivity index (χ4v) is 4.61. The van der Waals surface area contributed by atoms with Gasteiger partial charge in [-0.25, -0.2) is 8.42 Å². The van der Waals surface area contributed by atoms with Crippen LogP contribution in [0.4, 0.5) is 5.69 Å². The van der Waals surface area contributed by atoms with Crippen molar-refractivity contribution in [3.8, 4) is 0 Å². The Morgan fingerprint density at radius 2 is 1.80 bits per heavy atom. The number of nitrogens with one attached hydrogen (secondary N) is 1. The van der Waals surface area contributed by atoms with Crippen LogP contribution in [0.2, 0.25) is 0 Å². The molecule has 0 saturated carbocycles. The molecule has 2 aromatic rings. The van der Waals surface area contributed by atoms with Crippen molar-refractivity contribution in [2.45, 2.75) is 37.6 Å². The Balaban J connectivity index is 1.79. The summed E-state index contributed by atoms with van der Waals surface area (Å²) in [5.74, 6) is -0.207. The van der Waals surface area contributed by atoms with Crippen LogP contribution in [-0.4, -0.2) is 26.9 Å². The zero-order valence-corrected chi connectivity index (χ0v) is 15.2. The smallest absolute Gasteiger partial charge is 0.245 e. The second kappa shape index (κ2) is 6.98. The van der Waals surface area contributed by atoms with Gasteiger partial charge in [0.25, 0.3) is 0 Å². The molecule has 0 unspecified atom stereocenters. The summed E-state index contributed by atoms with van der Waals surface area (Å²) in [4.78, 5) is 14.5. The number of aryl methyl sites for hydroxylation is 2. The van der Waals surface area contributed by atoms with Crippen LogP contribution in [0.25, 0.3) is 0 Å². The summed E-state index contributed by atoms with van der Waals surface area (Å²) in [7, 11) is -3.73. The van der Waals surface area contributed by atoms with Crippen LogP contribution in [0, 0.1) is 6.92 Å². The van der Waals surface area contributed by atoms with Gasteiger partial charge in [0.2, 0.25) is 15.9 Å². The molecule has 0 spiro atoms. The molecule has 132 valence electrons. The predicted octanol–water partition coefficient (Wildman–Crippen LogP) is 2.64. The summed E-state index contributed by atoms with van der Waals surface area (Å²) >= 11 is 0. The van der Waals surface area contributed by atoms with E-state index in [9.17, 15) is 13.2 Å². The minimum absolute atomic E-state index is 0.207. The maximum absolute atomic E-state index is 12.7. The first-order valence-corrected chi connectivity index (χ1v) is 9.89.